The predicted molar refractivity (Wildman–Crippen MR) is 92.0 cm³/mol. The summed E-state index contributed by atoms with van der Waals surface area (Å²) in [5, 5.41) is 5.95. The number of amides is 1. The average molecular weight is 311 g/mol. The fourth-order valence-corrected chi connectivity index (χ4v) is 2.13. The van der Waals surface area contributed by atoms with Gasteiger partial charge in [0.1, 0.15) is 11.6 Å². The molecule has 120 valence electrons. The molecule has 1 heterocycles. The molecule has 0 saturated heterocycles. The minimum Gasteiger partial charge on any atom is -0.496 e. The van der Waals surface area contributed by atoms with Crippen LogP contribution in [0.2, 0.25) is 0 Å². The molecule has 0 atom stereocenters. The Kier molecular flexibility index (Phi) is 6.17. The van der Waals surface area contributed by atoms with Crippen LogP contribution in [0.4, 0.5) is 5.82 Å². The molecule has 0 fully saturated rings. The van der Waals surface area contributed by atoms with E-state index >= 15 is 0 Å². The van der Waals surface area contributed by atoms with Crippen molar-refractivity contribution in [2.24, 2.45) is 0 Å². The number of carbonyl (C=O) groups is 1. The zero-order chi connectivity index (χ0) is 16.5. The molecule has 2 rings (SSSR count). The summed E-state index contributed by atoms with van der Waals surface area (Å²) in [6.45, 7) is 4.80. The molecule has 0 unspecified atom stereocenters. The van der Waals surface area contributed by atoms with E-state index in [1.807, 2.05) is 24.3 Å². The largest absolute Gasteiger partial charge is 0.496 e. The van der Waals surface area contributed by atoms with Crippen molar-refractivity contribution in [3.63, 3.8) is 0 Å². The maximum absolute atomic E-state index is 12.1. The number of hydrogen-bond acceptors (Lipinski definition) is 4. The number of pyridine rings is 1. The molecule has 1 aromatic heterocycles. The second-order valence-electron chi connectivity index (χ2n) is 4.92. The summed E-state index contributed by atoms with van der Waals surface area (Å²) in [6, 6.07) is 11.3. The first-order valence-corrected chi connectivity index (χ1v) is 7.45. The Morgan fingerprint density at radius 2 is 2.13 bits per heavy atom. The van der Waals surface area contributed by atoms with Crippen molar-refractivity contribution in [1.82, 2.24) is 10.3 Å². The van der Waals surface area contributed by atoms with Crippen molar-refractivity contribution in [2.75, 3.05) is 25.5 Å². The molecule has 23 heavy (non-hydrogen) atoms. The van der Waals surface area contributed by atoms with E-state index in [4.69, 9.17) is 4.74 Å². The van der Waals surface area contributed by atoms with Gasteiger partial charge in [-0.25, -0.2) is 4.98 Å². The number of nitrogens with zero attached hydrogens (tertiary/aromatic N) is 1. The van der Waals surface area contributed by atoms with Crippen LogP contribution in [0.3, 0.4) is 0 Å². The lowest BCUT2D eigenvalue weighted by Gasteiger charge is -2.09. The Hall–Kier alpha value is -2.82. The number of nitrogens with one attached hydrogen (secondary N) is 2. The van der Waals surface area contributed by atoms with E-state index in [9.17, 15) is 4.79 Å². The summed E-state index contributed by atoms with van der Waals surface area (Å²) in [5.41, 5.74) is 1.60. The van der Waals surface area contributed by atoms with Crippen LogP contribution in [0.25, 0.3) is 0 Å². The van der Waals surface area contributed by atoms with E-state index < -0.39 is 0 Å². The number of para-hydroxylation sites is 1. The quantitative estimate of drug-likeness (QED) is 0.736. The molecule has 0 aliphatic heterocycles. The van der Waals surface area contributed by atoms with Crippen molar-refractivity contribution in [3.05, 3.63) is 66.4 Å². The van der Waals surface area contributed by atoms with Gasteiger partial charge in [0.15, 0.2) is 0 Å². The smallest absolute Gasteiger partial charge is 0.252 e. The molecule has 0 spiro atoms. The van der Waals surface area contributed by atoms with Gasteiger partial charge < -0.3 is 15.4 Å². The highest BCUT2D eigenvalue weighted by Gasteiger charge is 2.07. The van der Waals surface area contributed by atoms with E-state index in [0.717, 1.165) is 17.1 Å². The third-order valence-corrected chi connectivity index (χ3v) is 3.33. The lowest BCUT2D eigenvalue weighted by Crippen LogP contribution is -2.25. The van der Waals surface area contributed by atoms with E-state index in [0.29, 0.717) is 25.1 Å². The maximum Gasteiger partial charge on any atom is 0.252 e. The van der Waals surface area contributed by atoms with Crippen LogP contribution in [0, 0.1) is 0 Å². The lowest BCUT2D eigenvalue weighted by molar-refractivity contribution is 0.0953. The Morgan fingerprint density at radius 1 is 1.30 bits per heavy atom. The van der Waals surface area contributed by atoms with Crippen LogP contribution in [0.5, 0.6) is 5.75 Å². The van der Waals surface area contributed by atoms with E-state index in [-0.39, 0.29) is 5.91 Å². The number of rotatable bonds is 8. The molecule has 1 aromatic carbocycles. The molecule has 1 amide bonds. The van der Waals surface area contributed by atoms with Crippen LogP contribution >= 0.6 is 0 Å². The molecule has 0 saturated carbocycles. The Morgan fingerprint density at radius 3 is 2.83 bits per heavy atom. The van der Waals surface area contributed by atoms with Gasteiger partial charge in [-0.15, -0.1) is 6.58 Å². The zero-order valence-corrected chi connectivity index (χ0v) is 13.2. The van der Waals surface area contributed by atoms with Gasteiger partial charge in [0, 0.05) is 19.3 Å². The third kappa shape index (κ3) is 4.85. The SMILES string of the molecule is C=CCNc1ccc(C(=O)NCCc2ccccc2OC)cn1. The molecule has 5 nitrogen and oxygen atoms in total. The fourth-order valence-electron chi connectivity index (χ4n) is 2.13. The molecule has 2 N–H and O–H groups in total. The average Bonchev–Trinajstić information content (AvgIpc) is 2.60. The van der Waals surface area contributed by atoms with Crippen LogP contribution in [-0.4, -0.2) is 31.1 Å². The molecule has 0 aliphatic rings. The van der Waals surface area contributed by atoms with Crippen molar-refractivity contribution < 1.29 is 9.53 Å². The minimum atomic E-state index is -0.136. The van der Waals surface area contributed by atoms with Gasteiger partial charge in [0.2, 0.25) is 0 Å². The molecule has 0 bridgehead atoms. The summed E-state index contributed by atoms with van der Waals surface area (Å²) in [6.07, 6.45) is 4.02. The first-order valence-electron chi connectivity index (χ1n) is 7.45. The van der Waals surface area contributed by atoms with Crippen LogP contribution in [0.1, 0.15) is 15.9 Å². The molecule has 0 aliphatic carbocycles. The van der Waals surface area contributed by atoms with Crippen LogP contribution in [-0.2, 0) is 6.42 Å². The third-order valence-electron chi connectivity index (χ3n) is 3.33. The predicted octanol–water partition coefficient (Wildman–Crippen LogP) is 2.66. The van der Waals surface area contributed by atoms with Gasteiger partial charge in [0.05, 0.1) is 12.7 Å². The zero-order valence-electron chi connectivity index (χ0n) is 13.2. The number of methoxy groups -OCH3 is 1. The van der Waals surface area contributed by atoms with Crippen LogP contribution in [0.15, 0.2) is 55.3 Å². The summed E-state index contributed by atoms with van der Waals surface area (Å²) >= 11 is 0. The van der Waals surface area contributed by atoms with Gasteiger partial charge >= 0.3 is 0 Å². The normalized spacial score (nSPS) is 9.96. The van der Waals surface area contributed by atoms with Gasteiger partial charge in [-0.2, -0.15) is 0 Å². The van der Waals surface area contributed by atoms with Gasteiger partial charge in [-0.1, -0.05) is 24.3 Å². The van der Waals surface area contributed by atoms with E-state index in [1.165, 1.54) is 0 Å². The van der Waals surface area contributed by atoms with Crippen molar-refractivity contribution in [2.45, 2.75) is 6.42 Å². The number of hydrogen-bond donors (Lipinski definition) is 2. The molecule has 5 heteroatoms. The monoisotopic (exact) mass is 311 g/mol. The first-order chi connectivity index (χ1) is 11.2. The first kappa shape index (κ1) is 16.5. The number of aromatic nitrogens is 1. The van der Waals surface area contributed by atoms with Crippen molar-refractivity contribution in [1.29, 1.82) is 0 Å². The fraction of sp³-hybridized carbons (Fsp3) is 0.222. The van der Waals surface area contributed by atoms with Gasteiger partial charge in [0.25, 0.3) is 5.91 Å². The second kappa shape index (κ2) is 8.58. The van der Waals surface area contributed by atoms with E-state index in [2.05, 4.69) is 22.2 Å². The topological polar surface area (TPSA) is 63.2 Å². The summed E-state index contributed by atoms with van der Waals surface area (Å²) < 4.78 is 5.30. The van der Waals surface area contributed by atoms with Crippen molar-refractivity contribution in [3.8, 4) is 5.75 Å². The molecular weight excluding hydrogens is 290 g/mol. The number of carbonyl (C=O) groups excluding carboxylic acids is 1. The van der Waals surface area contributed by atoms with Crippen molar-refractivity contribution >= 4 is 11.7 Å². The summed E-state index contributed by atoms with van der Waals surface area (Å²) in [4.78, 5) is 16.3. The van der Waals surface area contributed by atoms with E-state index in [1.54, 1.807) is 31.5 Å². The van der Waals surface area contributed by atoms with Crippen LogP contribution < -0.4 is 15.4 Å². The number of ether oxygens (including phenoxy) is 1. The number of benzene rings is 1. The Bertz CT molecular complexity index is 654. The molecule has 0 radical (unpaired) electrons. The second-order valence-corrected chi connectivity index (χ2v) is 4.92. The van der Waals surface area contributed by atoms with Gasteiger partial charge in [-0.05, 0) is 30.2 Å². The minimum absolute atomic E-state index is 0.136. The van der Waals surface area contributed by atoms with Gasteiger partial charge in [-0.3, -0.25) is 4.79 Å². The highest BCUT2D eigenvalue weighted by atomic mass is 16.5. The number of anilines is 1. The summed E-state index contributed by atoms with van der Waals surface area (Å²) in [7, 11) is 1.64. The standard InChI is InChI=1S/C18H21N3O2/c1-3-11-19-17-9-8-15(13-21-17)18(22)20-12-10-14-6-4-5-7-16(14)23-2/h3-9,13H,1,10-12H2,2H3,(H,19,21)(H,20,22). The highest BCUT2D eigenvalue weighted by Crippen LogP contribution is 2.17. The summed E-state index contributed by atoms with van der Waals surface area (Å²) in [5.74, 6) is 1.42. The Balaban J connectivity index is 1.86. The Labute approximate surface area is 136 Å². The molecule has 2 aromatic rings. The maximum atomic E-state index is 12.1. The highest BCUT2D eigenvalue weighted by molar-refractivity contribution is 5.94. The molecular formula is C18H21N3O2. The lowest BCUT2D eigenvalue weighted by atomic mass is 10.1.